The standard InChI is InChI=1S/C13H17NO3/c1-14(9-5-8-13(15)16)10-11-6-3-4-7-12(11)17-2/h3-8H,9-10H2,1-2H3,(H,15,16). The Balaban J connectivity index is 2.55. The van der Waals surface area contributed by atoms with Crippen molar-refractivity contribution < 1.29 is 14.6 Å². The van der Waals surface area contributed by atoms with Crippen molar-refractivity contribution in [2.45, 2.75) is 6.54 Å². The van der Waals surface area contributed by atoms with Crippen molar-refractivity contribution >= 4 is 5.97 Å². The molecule has 0 aliphatic carbocycles. The van der Waals surface area contributed by atoms with E-state index >= 15 is 0 Å². The number of carbonyl (C=O) groups is 1. The Morgan fingerprint density at radius 2 is 2.18 bits per heavy atom. The van der Waals surface area contributed by atoms with Crippen molar-refractivity contribution in [2.75, 3.05) is 20.7 Å². The van der Waals surface area contributed by atoms with E-state index in [4.69, 9.17) is 9.84 Å². The number of benzene rings is 1. The van der Waals surface area contributed by atoms with Crippen LogP contribution in [0.4, 0.5) is 0 Å². The SMILES string of the molecule is COc1ccccc1CN(C)CC=CC(=O)O. The largest absolute Gasteiger partial charge is 0.496 e. The van der Waals surface area contributed by atoms with Gasteiger partial charge in [-0.25, -0.2) is 4.79 Å². The van der Waals surface area contributed by atoms with Crippen LogP contribution in [0, 0.1) is 0 Å². The highest BCUT2D eigenvalue weighted by Gasteiger charge is 2.04. The summed E-state index contributed by atoms with van der Waals surface area (Å²) in [4.78, 5) is 12.3. The third-order valence-electron chi connectivity index (χ3n) is 2.31. The molecule has 0 aromatic heterocycles. The first-order valence-corrected chi connectivity index (χ1v) is 5.33. The lowest BCUT2D eigenvalue weighted by atomic mass is 10.2. The fraction of sp³-hybridized carbons (Fsp3) is 0.308. The van der Waals surface area contributed by atoms with Gasteiger partial charge in [0.05, 0.1) is 7.11 Å². The molecule has 0 heterocycles. The molecule has 0 spiro atoms. The van der Waals surface area contributed by atoms with Gasteiger partial charge in [-0.05, 0) is 13.1 Å². The third-order valence-corrected chi connectivity index (χ3v) is 2.31. The van der Waals surface area contributed by atoms with E-state index in [0.29, 0.717) is 13.1 Å². The summed E-state index contributed by atoms with van der Waals surface area (Å²) in [5.41, 5.74) is 1.08. The molecular weight excluding hydrogens is 218 g/mol. The summed E-state index contributed by atoms with van der Waals surface area (Å²) in [5, 5.41) is 8.47. The molecule has 0 unspecified atom stereocenters. The number of hydrogen-bond donors (Lipinski definition) is 1. The minimum Gasteiger partial charge on any atom is -0.496 e. The monoisotopic (exact) mass is 235 g/mol. The quantitative estimate of drug-likeness (QED) is 0.763. The summed E-state index contributed by atoms with van der Waals surface area (Å²) in [7, 11) is 3.57. The Morgan fingerprint density at radius 3 is 2.82 bits per heavy atom. The number of carboxylic acid groups (broad SMARTS) is 1. The van der Waals surface area contributed by atoms with Gasteiger partial charge in [0.2, 0.25) is 0 Å². The van der Waals surface area contributed by atoms with Crippen LogP contribution in [0.15, 0.2) is 36.4 Å². The first-order chi connectivity index (χ1) is 8.13. The Hall–Kier alpha value is -1.81. The molecule has 0 atom stereocenters. The molecular formula is C13H17NO3. The van der Waals surface area contributed by atoms with Gasteiger partial charge in [0, 0.05) is 24.7 Å². The van der Waals surface area contributed by atoms with E-state index in [2.05, 4.69) is 0 Å². The van der Waals surface area contributed by atoms with Crippen LogP contribution in [0.3, 0.4) is 0 Å². The van der Waals surface area contributed by atoms with Gasteiger partial charge in [0.1, 0.15) is 5.75 Å². The topological polar surface area (TPSA) is 49.8 Å². The zero-order valence-corrected chi connectivity index (χ0v) is 10.1. The molecule has 1 rings (SSSR count). The molecule has 0 amide bonds. The maximum absolute atomic E-state index is 10.3. The molecule has 92 valence electrons. The second-order valence-corrected chi connectivity index (χ2v) is 3.75. The van der Waals surface area contributed by atoms with E-state index in [1.165, 1.54) is 0 Å². The van der Waals surface area contributed by atoms with Gasteiger partial charge < -0.3 is 9.84 Å². The Morgan fingerprint density at radius 1 is 1.47 bits per heavy atom. The van der Waals surface area contributed by atoms with Crippen LogP contribution < -0.4 is 4.74 Å². The highest BCUT2D eigenvalue weighted by atomic mass is 16.5. The van der Waals surface area contributed by atoms with Gasteiger partial charge in [-0.3, -0.25) is 4.90 Å². The lowest BCUT2D eigenvalue weighted by molar-refractivity contribution is -0.131. The number of carboxylic acids is 1. The molecule has 4 heteroatoms. The highest BCUT2D eigenvalue weighted by Crippen LogP contribution is 2.18. The van der Waals surface area contributed by atoms with E-state index in [1.54, 1.807) is 13.2 Å². The van der Waals surface area contributed by atoms with E-state index in [0.717, 1.165) is 17.4 Å². The zero-order valence-electron chi connectivity index (χ0n) is 10.1. The predicted molar refractivity (Wildman–Crippen MR) is 66.1 cm³/mol. The summed E-state index contributed by atoms with van der Waals surface area (Å²) in [6.45, 7) is 1.30. The van der Waals surface area contributed by atoms with Crippen molar-refractivity contribution in [3.05, 3.63) is 42.0 Å². The lowest BCUT2D eigenvalue weighted by Crippen LogP contribution is -2.18. The average molecular weight is 235 g/mol. The van der Waals surface area contributed by atoms with Crippen LogP contribution in [0.2, 0.25) is 0 Å². The van der Waals surface area contributed by atoms with Gasteiger partial charge >= 0.3 is 5.97 Å². The molecule has 0 radical (unpaired) electrons. The fourth-order valence-electron chi connectivity index (χ4n) is 1.52. The molecule has 0 aliphatic rings. The molecule has 17 heavy (non-hydrogen) atoms. The lowest BCUT2D eigenvalue weighted by Gasteiger charge is -2.16. The van der Waals surface area contributed by atoms with E-state index in [1.807, 2.05) is 36.2 Å². The number of ether oxygens (including phenoxy) is 1. The van der Waals surface area contributed by atoms with Gasteiger partial charge in [-0.2, -0.15) is 0 Å². The normalized spacial score (nSPS) is 11.0. The second kappa shape index (κ2) is 6.70. The maximum atomic E-state index is 10.3. The summed E-state index contributed by atoms with van der Waals surface area (Å²) in [6.07, 6.45) is 2.77. The number of nitrogens with zero attached hydrogens (tertiary/aromatic N) is 1. The summed E-state index contributed by atoms with van der Waals surface area (Å²) >= 11 is 0. The number of hydrogen-bond acceptors (Lipinski definition) is 3. The molecule has 1 aromatic rings. The molecule has 0 saturated heterocycles. The zero-order chi connectivity index (χ0) is 12.7. The number of para-hydroxylation sites is 1. The van der Waals surface area contributed by atoms with Crippen molar-refractivity contribution in [2.24, 2.45) is 0 Å². The summed E-state index contributed by atoms with van der Waals surface area (Å²) in [6, 6.07) is 7.79. The molecule has 0 bridgehead atoms. The summed E-state index contributed by atoms with van der Waals surface area (Å²) < 4.78 is 5.25. The van der Waals surface area contributed by atoms with Crippen LogP contribution >= 0.6 is 0 Å². The van der Waals surface area contributed by atoms with Gasteiger partial charge in [0.15, 0.2) is 0 Å². The molecule has 0 saturated carbocycles. The van der Waals surface area contributed by atoms with Crippen molar-refractivity contribution in [3.8, 4) is 5.75 Å². The van der Waals surface area contributed by atoms with Crippen LogP contribution in [-0.2, 0) is 11.3 Å². The Bertz CT molecular complexity index is 401. The second-order valence-electron chi connectivity index (χ2n) is 3.75. The summed E-state index contributed by atoms with van der Waals surface area (Å²) in [5.74, 6) is -0.0720. The Labute approximate surface area is 101 Å². The third kappa shape index (κ3) is 4.70. The van der Waals surface area contributed by atoms with Crippen molar-refractivity contribution in [1.82, 2.24) is 4.90 Å². The average Bonchev–Trinajstić information content (AvgIpc) is 2.29. The highest BCUT2D eigenvalue weighted by molar-refractivity contribution is 5.79. The number of rotatable bonds is 6. The Kier molecular flexibility index (Phi) is 5.23. The number of likely N-dealkylation sites (N-methyl/N-ethyl adjacent to an activating group) is 1. The molecule has 1 aromatic carbocycles. The smallest absolute Gasteiger partial charge is 0.328 e. The molecule has 0 fully saturated rings. The van der Waals surface area contributed by atoms with E-state index < -0.39 is 5.97 Å². The van der Waals surface area contributed by atoms with Gasteiger partial charge in [-0.15, -0.1) is 0 Å². The van der Waals surface area contributed by atoms with Crippen LogP contribution in [-0.4, -0.2) is 36.7 Å². The minimum atomic E-state index is -0.921. The number of methoxy groups -OCH3 is 1. The maximum Gasteiger partial charge on any atom is 0.328 e. The number of aliphatic carboxylic acids is 1. The minimum absolute atomic E-state index is 0.588. The molecule has 1 N–H and O–H groups in total. The fourth-order valence-corrected chi connectivity index (χ4v) is 1.52. The van der Waals surface area contributed by atoms with Crippen LogP contribution in [0.5, 0.6) is 5.75 Å². The molecule has 0 aliphatic heterocycles. The van der Waals surface area contributed by atoms with Gasteiger partial charge in [-0.1, -0.05) is 24.3 Å². The van der Waals surface area contributed by atoms with Crippen molar-refractivity contribution in [1.29, 1.82) is 0 Å². The van der Waals surface area contributed by atoms with E-state index in [9.17, 15) is 4.79 Å². The van der Waals surface area contributed by atoms with E-state index in [-0.39, 0.29) is 0 Å². The van der Waals surface area contributed by atoms with Crippen LogP contribution in [0.25, 0.3) is 0 Å². The van der Waals surface area contributed by atoms with Gasteiger partial charge in [0.25, 0.3) is 0 Å². The first-order valence-electron chi connectivity index (χ1n) is 5.33. The first kappa shape index (κ1) is 13.3. The predicted octanol–water partition coefficient (Wildman–Crippen LogP) is 1.77. The van der Waals surface area contributed by atoms with Crippen LogP contribution in [0.1, 0.15) is 5.56 Å². The molecule has 4 nitrogen and oxygen atoms in total. The van der Waals surface area contributed by atoms with Crippen molar-refractivity contribution in [3.63, 3.8) is 0 Å².